The first-order valence-electron chi connectivity index (χ1n) is 12.4. The first-order chi connectivity index (χ1) is 15.2. The molecule has 0 atom stereocenters. The average molecular weight is 436 g/mol. The molecule has 4 heteroatoms. The van der Waals surface area contributed by atoms with Gasteiger partial charge in [0.15, 0.2) is 0 Å². The molecule has 3 nitrogen and oxygen atoms in total. The average Bonchev–Trinajstić information content (AvgIpc) is 2.99. The van der Waals surface area contributed by atoms with Crippen LogP contribution in [0.1, 0.15) is 78.3 Å². The van der Waals surface area contributed by atoms with Gasteiger partial charge in [-0.15, -0.1) is 0 Å². The Balaban J connectivity index is 1.80. The van der Waals surface area contributed by atoms with Crippen LogP contribution >= 0.6 is 8.16 Å². The molecule has 2 aliphatic carbocycles. The van der Waals surface area contributed by atoms with E-state index in [-0.39, 0.29) is 0 Å². The van der Waals surface area contributed by atoms with Crippen molar-refractivity contribution in [3.8, 4) is 0 Å². The maximum absolute atomic E-state index is 6.89. The van der Waals surface area contributed by atoms with Crippen molar-refractivity contribution < 1.29 is 8.39 Å². The van der Waals surface area contributed by atoms with E-state index < -0.39 is 8.16 Å². The largest absolute Gasteiger partial charge is 0.408 e. The van der Waals surface area contributed by atoms with E-state index in [1.165, 1.54) is 92.5 Å². The van der Waals surface area contributed by atoms with Crippen molar-refractivity contribution in [2.75, 3.05) is 17.8 Å². The number of rotatable bonds is 1. The Kier molecular flexibility index (Phi) is 5.16. The normalized spacial score (nSPS) is 19.4. The van der Waals surface area contributed by atoms with Crippen LogP contribution in [0.2, 0.25) is 0 Å². The summed E-state index contributed by atoms with van der Waals surface area (Å²) < 4.78 is 16.3. The number of hydrogen-bond donors (Lipinski definition) is 0. The van der Waals surface area contributed by atoms with Crippen molar-refractivity contribution in [1.82, 2.24) is 0 Å². The summed E-state index contributed by atoms with van der Waals surface area (Å²) in [5.74, 6) is 0. The molecule has 6 rings (SSSR count). The zero-order valence-electron chi connectivity index (χ0n) is 19.1. The number of hydrogen-bond acceptors (Lipinski definition) is 3. The number of benzene rings is 2. The molecule has 2 aromatic carbocycles. The molecule has 1 aromatic heterocycles. The number of aryl methyl sites for hydroxylation is 6. The smallest absolute Gasteiger partial charge is 0.309 e. The first kappa shape index (κ1) is 19.9. The fourth-order valence-corrected chi connectivity index (χ4v) is 7.82. The summed E-state index contributed by atoms with van der Waals surface area (Å²) in [4.78, 5) is 0. The lowest BCUT2D eigenvalue weighted by Crippen LogP contribution is -2.26. The predicted octanol–water partition coefficient (Wildman–Crippen LogP) is 7.79. The van der Waals surface area contributed by atoms with Crippen molar-refractivity contribution in [2.24, 2.45) is 0 Å². The molecule has 0 amide bonds. The summed E-state index contributed by atoms with van der Waals surface area (Å²) in [7, 11) is -1.12. The summed E-state index contributed by atoms with van der Waals surface area (Å²) in [5.41, 5.74) is 11.0. The van der Waals surface area contributed by atoms with E-state index >= 15 is 0 Å². The summed E-state index contributed by atoms with van der Waals surface area (Å²) in [6, 6.07) is 4.84. The van der Waals surface area contributed by atoms with Crippen molar-refractivity contribution >= 4 is 30.1 Å². The third-order valence-electron chi connectivity index (χ3n) is 7.73. The van der Waals surface area contributed by atoms with Crippen LogP contribution in [0.25, 0.3) is 21.9 Å². The third-order valence-corrected chi connectivity index (χ3v) is 9.27. The Morgan fingerprint density at radius 1 is 0.645 bits per heavy atom. The molecule has 1 saturated heterocycles. The minimum absolute atomic E-state index is 1.09. The lowest BCUT2D eigenvalue weighted by atomic mass is 9.82. The molecule has 1 fully saturated rings. The molecule has 1 aliphatic heterocycles. The number of piperidine rings is 1. The molecule has 0 unspecified atom stereocenters. The van der Waals surface area contributed by atoms with Gasteiger partial charge in [-0.05, 0) is 111 Å². The van der Waals surface area contributed by atoms with Gasteiger partial charge in [0.1, 0.15) is 11.2 Å². The molecule has 164 valence electrons. The summed E-state index contributed by atoms with van der Waals surface area (Å²) >= 11 is 0. The summed E-state index contributed by atoms with van der Waals surface area (Å²) in [6.45, 7) is 6.68. The minimum Gasteiger partial charge on any atom is -0.408 e. The van der Waals surface area contributed by atoms with Crippen molar-refractivity contribution in [2.45, 2.75) is 84.5 Å². The molecule has 2 heterocycles. The van der Waals surface area contributed by atoms with Crippen molar-refractivity contribution in [1.29, 1.82) is 0 Å². The molecule has 0 saturated carbocycles. The summed E-state index contributed by atoms with van der Waals surface area (Å²) in [5, 5.41) is 2.79. The molecule has 0 spiro atoms. The van der Waals surface area contributed by atoms with Crippen LogP contribution in [-0.4, -0.2) is 13.1 Å². The second-order valence-electron chi connectivity index (χ2n) is 9.92. The summed E-state index contributed by atoms with van der Waals surface area (Å²) in [6.07, 6.45) is 13.8. The van der Waals surface area contributed by atoms with Gasteiger partial charge in [-0.25, -0.2) is 4.67 Å². The Labute approximate surface area is 186 Å². The molecular weight excluding hydrogens is 401 g/mol. The monoisotopic (exact) mass is 435 g/mol. The van der Waals surface area contributed by atoms with Crippen molar-refractivity contribution in [3.63, 3.8) is 0 Å². The standard InChI is InChI=1S/C27H34NO2P/c1-18-16-20-10-4-6-12-22(20)24-25-23-13-7-5-11-21(23)17-19(2)27(25)30-31(29-26(18)24)28-14-8-3-9-15-28/h16-17H,3-15H2,1-2H3. The van der Waals surface area contributed by atoms with E-state index in [4.69, 9.17) is 8.39 Å². The Morgan fingerprint density at radius 2 is 1.13 bits per heavy atom. The van der Waals surface area contributed by atoms with Crippen LogP contribution in [0.4, 0.5) is 0 Å². The molecular formula is C27H34NO2P. The zero-order chi connectivity index (χ0) is 20.9. The van der Waals surface area contributed by atoms with Gasteiger partial charge in [-0.2, -0.15) is 0 Å². The van der Waals surface area contributed by atoms with Crippen LogP contribution in [0.5, 0.6) is 0 Å². The van der Waals surface area contributed by atoms with Gasteiger partial charge >= 0.3 is 8.16 Å². The van der Waals surface area contributed by atoms with Crippen LogP contribution in [0.15, 0.2) is 20.5 Å². The molecule has 0 N–H and O–H groups in total. The van der Waals surface area contributed by atoms with Gasteiger partial charge in [0.2, 0.25) is 0 Å². The number of fused-ring (bicyclic) bond motifs is 7. The van der Waals surface area contributed by atoms with Crippen LogP contribution in [0, 0.1) is 13.8 Å². The van der Waals surface area contributed by atoms with E-state index in [9.17, 15) is 0 Å². The maximum Gasteiger partial charge on any atom is 0.309 e. The van der Waals surface area contributed by atoms with Crippen LogP contribution in [-0.2, 0) is 25.7 Å². The van der Waals surface area contributed by atoms with Gasteiger partial charge in [-0.3, -0.25) is 0 Å². The van der Waals surface area contributed by atoms with E-state index in [0.29, 0.717) is 0 Å². The minimum atomic E-state index is -1.12. The topological polar surface area (TPSA) is 29.5 Å². The van der Waals surface area contributed by atoms with Crippen LogP contribution < -0.4 is 4.67 Å². The number of nitrogens with zero attached hydrogens (tertiary/aromatic N) is 1. The Morgan fingerprint density at radius 3 is 1.65 bits per heavy atom. The van der Waals surface area contributed by atoms with E-state index in [1.54, 1.807) is 22.3 Å². The molecule has 0 radical (unpaired) electrons. The lowest BCUT2D eigenvalue weighted by Gasteiger charge is -2.22. The molecule has 31 heavy (non-hydrogen) atoms. The zero-order valence-corrected chi connectivity index (χ0v) is 20.0. The van der Waals surface area contributed by atoms with E-state index in [0.717, 1.165) is 24.3 Å². The lowest BCUT2D eigenvalue weighted by molar-refractivity contribution is 0.558. The Hall–Kier alpha value is -1.70. The van der Waals surface area contributed by atoms with Gasteiger partial charge < -0.3 is 8.39 Å². The highest BCUT2D eigenvalue weighted by Crippen LogP contribution is 2.45. The fraction of sp³-hybridized carbons (Fsp3) is 0.556. The second kappa shape index (κ2) is 8.01. The quantitative estimate of drug-likeness (QED) is 0.391. The fourth-order valence-electron chi connectivity index (χ4n) is 6.16. The van der Waals surface area contributed by atoms with E-state index in [1.807, 2.05) is 0 Å². The van der Waals surface area contributed by atoms with Crippen LogP contribution in [0.3, 0.4) is 0 Å². The molecule has 0 bridgehead atoms. The highest BCUT2D eigenvalue weighted by Gasteiger charge is 2.25. The first-order valence-corrected chi connectivity index (χ1v) is 13.6. The van der Waals surface area contributed by atoms with E-state index in [2.05, 4.69) is 30.7 Å². The Bertz CT molecular complexity index is 1120. The molecule has 3 aliphatic rings. The second-order valence-corrected chi connectivity index (χ2v) is 11.3. The SMILES string of the molecule is Cc1cc2c(c3c1op(N1CCCCC1)oc1c(C)cc4c(c13)CCCC4)CCCC2. The van der Waals surface area contributed by atoms with Crippen molar-refractivity contribution in [3.05, 3.63) is 45.5 Å². The van der Waals surface area contributed by atoms with Gasteiger partial charge in [0.25, 0.3) is 0 Å². The third kappa shape index (κ3) is 3.36. The van der Waals surface area contributed by atoms with Gasteiger partial charge in [-0.1, -0.05) is 18.6 Å². The highest BCUT2D eigenvalue weighted by atomic mass is 31.1. The maximum atomic E-state index is 6.89. The van der Waals surface area contributed by atoms with Gasteiger partial charge in [0, 0.05) is 23.9 Å². The highest BCUT2D eigenvalue weighted by molar-refractivity contribution is 7.39. The predicted molar refractivity (Wildman–Crippen MR) is 131 cm³/mol. The van der Waals surface area contributed by atoms with Gasteiger partial charge in [0.05, 0.1) is 0 Å². The molecule has 3 aromatic rings.